The van der Waals surface area contributed by atoms with E-state index in [1.54, 1.807) is 17.7 Å². The van der Waals surface area contributed by atoms with Crippen molar-refractivity contribution in [2.24, 2.45) is 5.92 Å². The number of hydrogen-bond acceptors (Lipinski definition) is 5. The molecule has 0 saturated heterocycles. The molecule has 0 aliphatic heterocycles. The second kappa shape index (κ2) is 8.62. The molecule has 4 nitrogen and oxygen atoms in total. The zero-order valence-electron chi connectivity index (χ0n) is 17.0. The highest BCUT2D eigenvalue weighted by atomic mass is 32.1. The topological polar surface area (TPSA) is 47.0 Å². The molecule has 0 aliphatic carbocycles. The lowest BCUT2D eigenvalue weighted by molar-refractivity contribution is 0.271. The third-order valence-electron chi connectivity index (χ3n) is 4.74. The number of hydrogen-bond donors (Lipinski definition) is 1. The maximum atomic E-state index is 5.77. The van der Waals surface area contributed by atoms with E-state index in [0.29, 0.717) is 12.5 Å². The summed E-state index contributed by atoms with van der Waals surface area (Å²) in [5.74, 6) is 2.21. The van der Waals surface area contributed by atoms with Crippen molar-refractivity contribution in [3.63, 3.8) is 0 Å². The summed E-state index contributed by atoms with van der Waals surface area (Å²) in [6.07, 6.45) is 2.66. The van der Waals surface area contributed by atoms with E-state index >= 15 is 0 Å². The molecule has 0 atom stereocenters. The summed E-state index contributed by atoms with van der Waals surface area (Å²) < 4.78 is 5.77. The van der Waals surface area contributed by atoms with Crippen LogP contribution in [0.1, 0.15) is 26.3 Å². The lowest BCUT2D eigenvalue weighted by atomic mass is 10.0. The van der Waals surface area contributed by atoms with Crippen LogP contribution >= 0.6 is 11.3 Å². The van der Waals surface area contributed by atoms with Crippen molar-refractivity contribution >= 4 is 33.1 Å². The van der Waals surface area contributed by atoms with Crippen molar-refractivity contribution in [1.82, 2.24) is 9.97 Å². The third kappa shape index (κ3) is 4.40. The number of anilines is 2. The second-order valence-electron chi connectivity index (χ2n) is 7.46. The molecule has 2 aromatic heterocycles. The maximum absolute atomic E-state index is 5.77. The normalized spacial score (nSPS) is 11.2. The van der Waals surface area contributed by atoms with Crippen LogP contribution in [0.3, 0.4) is 0 Å². The largest absolute Gasteiger partial charge is 0.493 e. The first-order valence-corrected chi connectivity index (χ1v) is 10.8. The molecule has 0 unspecified atom stereocenters. The smallest absolute Gasteiger partial charge is 0.143 e. The molecule has 148 valence electrons. The molecular formula is C24H25N3OS. The molecule has 0 spiro atoms. The Hall–Kier alpha value is -2.92. The number of aromatic nitrogens is 2. The molecule has 0 fully saturated rings. The summed E-state index contributed by atoms with van der Waals surface area (Å²) in [7, 11) is 0. The molecule has 1 N–H and O–H groups in total. The standard InChI is InChI=1S/C24H25N3OS/c1-4-17-5-7-18(8-6-17)21-14-29-24-22(21)23(25-15-26-24)27-19-9-11-20(12-10-19)28-13-16(2)3/h5-12,14-16H,4,13H2,1-3H3,(H,25,26,27). The molecule has 4 rings (SSSR count). The van der Waals surface area contributed by atoms with Gasteiger partial charge in [-0.3, -0.25) is 0 Å². The van der Waals surface area contributed by atoms with E-state index in [2.05, 4.69) is 65.7 Å². The average molecular weight is 404 g/mol. The van der Waals surface area contributed by atoms with Crippen LogP contribution in [0.4, 0.5) is 11.5 Å². The van der Waals surface area contributed by atoms with Gasteiger partial charge in [-0.1, -0.05) is 45.0 Å². The van der Waals surface area contributed by atoms with Gasteiger partial charge < -0.3 is 10.1 Å². The predicted octanol–water partition coefficient (Wildman–Crippen LogP) is 6.70. The minimum absolute atomic E-state index is 0.505. The van der Waals surface area contributed by atoms with E-state index in [4.69, 9.17) is 4.74 Å². The fourth-order valence-corrected chi connectivity index (χ4v) is 4.05. The van der Waals surface area contributed by atoms with E-state index in [1.807, 2.05) is 24.3 Å². The molecule has 2 heterocycles. The molecule has 4 aromatic rings. The number of nitrogens with one attached hydrogen (secondary N) is 1. The second-order valence-corrected chi connectivity index (χ2v) is 8.31. The Bertz CT molecular complexity index is 1090. The van der Waals surface area contributed by atoms with Gasteiger partial charge >= 0.3 is 0 Å². The van der Waals surface area contributed by atoms with Crippen LogP contribution in [0.15, 0.2) is 60.2 Å². The molecule has 0 aliphatic rings. The Morgan fingerprint density at radius 3 is 2.45 bits per heavy atom. The van der Waals surface area contributed by atoms with Crippen LogP contribution in [-0.2, 0) is 6.42 Å². The Balaban J connectivity index is 1.63. The summed E-state index contributed by atoms with van der Waals surface area (Å²) in [5.41, 5.74) is 4.65. The fourth-order valence-electron chi connectivity index (χ4n) is 3.14. The van der Waals surface area contributed by atoms with Crippen LogP contribution in [0.2, 0.25) is 0 Å². The Morgan fingerprint density at radius 1 is 1.00 bits per heavy atom. The van der Waals surface area contributed by atoms with E-state index in [9.17, 15) is 0 Å². The summed E-state index contributed by atoms with van der Waals surface area (Å²) in [6.45, 7) is 7.17. The van der Waals surface area contributed by atoms with Crippen LogP contribution in [0, 0.1) is 5.92 Å². The Morgan fingerprint density at radius 2 is 1.76 bits per heavy atom. The minimum Gasteiger partial charge on any atom is -0.493 e. The third-order valence-corrected chi connectivity index (χ3v) is 5.63. The minimum atomic E-state index is 0.505. The van der Waals surface area contributed by atoms with Gasteiger partial charge in [-0.15, -0.1) is 11.3 Å². The Kier molecular flexibility index (Phi) is 5.76. The first kappa shape index (κ1) is 19.4. The van der Waals surface area contributed by atoms with Gasteiger partial charge in [0.2, 0.25) is 0 Å². The summed E-state index contributed by atoms with van der Waals surface area (Å²) in [6, 6.07) is 16.7. The zero-order chi connectivity index (χ0) is 20.2. The van der Waals surface area contributed by atoms with Gasteiger partial charge in [0.15, 0.2) is 0 Å². The van der Waals surface area contributed by atoms with Gasteiger partial charge in [0.1, 0.15) is 22.7 Å². The number of thiophene rings is 1. The highest BCUT2D eigenvalue weighted by Crippen LogP contribution is 2.37. The zero-order valence-corrected chi connectivity index (χ0v) is 17.8. The number of fused-ring (bicyclic) bond motifs is 1. The van der Waals surface area contributed by atoms with E-state index in [0.717, 1.165) is 39.5 Å². The SMILES string of the molecule is CCc1ccc(-c2csc3ncnc(Nc4ccc(OCC(C)C)cc4)c23)cc1. The summed E-state index contributed by atoms with van der Waals surface area (Å²) in [4.78, 5) is 9.98. The summed E-state index contributed by atoms with van der Waals surface area (Å²) in [5, 5.41) is 6.68. The molecule has 0 saturated carbocycles. The highest BCUT2D eigenvalue weighted by Gasteiger charge is 2.13. The van der Waals surface area contributed by atoms with Crippen molar-refractivity contribution in [3.05, 3.63) is 65.8 Å². The monoisotopic (exact) mass is 403 g/mol. The number of benzene rings is 2. The van der Waals surface area contributed by atoms with Crippen LogP contribution < -0.4 is 10.1 Å². The van der Waals surface area contributed by atoms with Gasteiger partial charge in [0, 0.05) is 16.6 Å². The molecule has 5 heteroatoms. The van der Waals surface area contributed by atoms with Crippen molar-refractivity contribution < 1.29 is 4.74 Å². The maximum Gasteiger partial charge on any atom is 0.143 e. The number of nitrogens with zero attached hydrogens (tertiary/aromatic N) is 2. The Labute approximate surface area is 175 Å². The molecule has 0 radical (unpaired) electrons. The van der Waals surface area contributed by atoms with Gasteiger partial charge in [-0.05, 0) is 47.7 Å². The molecule has 0 amide bonds. The van der Waals surface area contributed by atoms with Crippen LogP contribution in [0.25, 0.3) is 21.3 Å². The fraction of sp³-hybridized carbons (Fsp3) is 0.250. The van der Waals surface area contributed by atoms with E-state index in [1.165, 1.54) is 11.1 Å². The number of rotatable bonds is 7. The van der Waals surface area contributed by atoms with Gasteiger partial charge in [0.25, 0.3) is 0 Å². The van der Waals surface area contributed by atoms with Gasteiger partial charge in [0.05, 0.1) is 12.0 Å². The average Bonchev–Trinajstić information content (AvgIpc) is 3.18. The van der Waals surface area contributed by atoms with Crippen molar-refractivity contribution in [2.45, 2.75) is 27.2 Å². The van der Waals surface area contributed by atoms with Crippen molar-refractivity contribution in [1.29, 1.82) is 0 Å². The van der Waals surface area contributed by atoms with E-state index in [-0.39, 0.29) is 0 Å². The van der Waals surface area contributed by atoms with Crippen LogP contribution in [-0.4, -0.2) is 16.6 Å². The van der Waals surface area contributed by atoms with Crippen LogP contribution in [0.5, 0.6) is 5.75 Å². The number of ether oxygens (including phenoxy) is 1. The predicted molar refractivity (Wildman–Crippen MR) is 122 cm³/mol. The van der Waals surface area contributed by atoms with Crippen molar-refractivity contribution in [3.8, 4) is 16.9 Å². The summed E-state index contributed by atoms with van der Waals surface area (Å²) >= 11 is 1.64. The molecule has 29 heavy (non-hydrogen) atoms. The first-order chi connectivity index (χ1) is 14.1. The molecule has 0 bridgehead atoms. The lowest BCUT2D eigenvalue weighted by Gasteiger charge is -2.11. The highest BCUT2D eigenvalue weighted by molar-refractivity contribution is 7.17. The van der Waals surface area contributed by atoms with Gasteiger partial charge in [-0.25, -0.2) is 9.97 Å². The van der Waals surface area contributed by atoms with Crippen molar-refractivity contribution in [2.75, 3.05) is 11.9 Å². The van der Waals surface area contributed by atoms with E-state index < -0.39 is 0 Å². The quantitative estimate of drug-likeness (QED) is 0.373. The van der Waals surface area contributed by atoms with Gasteiger partial charge in [-0.2, -0.15) is 0 Å². The number of aryl methyl sites for hydroxylation is 1. The molecule has 2 aromatic carbocycles. The molecular weight excluding hydrogens is 378 g/mol. The lowest BCUT2D eigenvalue weighted by Crippen LogP contribution is -2.04. The first-order valence-electron chi connectivity index (χ1n) is 9.95.